The zero-order valence-electron chi connectivity index (χ0n) is 9.72. The molecule has 0 N–H and O–H groups in total. The number of hydrogen-bond acceptors (Lipinski definition) is 4. The summed E-state index contributed by atoms with van der Waals surface area (Å²) in [7, 11) is -3.78. The van der Waals surface area contributed by atoms with E-state index in [0.29, 0.717) is 0 Å². The molecule has 1 aromatic carbocycles. The first-order valence-corrected chi connectivity index (χ1v) is 6.54. The fourth-order valence-electron chi connectivity index (χ4n) is 1.13. The highest BCUT2D eigenvalue weighted by atomic mass is 32.2. The fraction of sp³-hybridized carbons (Fsp3) is 0.455. The van der Waals surface area contributed by atoms with Gasteiger partial charge >= 0.3 is 0 Å². The lowest BCUT2D eigenvalue weighted by molar-refractivity contribution is -0.0343. The van der Waals surface area contributed by atoms with E-state index in [1.807, 2.05) is 6.92 Å². The summed E-state index contributed by atoms with van der Waals surface area (Å²) in [5, 5.41) is 0. The molecular weight excluding hydrogens is 247 g/mol. The van der Waals surface area contributed by atoms with Gasteiger partial charge in [0.25, 0.3) is 10.1 Å². The monoisotopic (exact) mass is 262 g/mol. The van der Waals surface area contributed by atoms with Crippen LogP contribution in [0.4, 0.5) is 4.39 Å². The molecule has 1 rings (SSSR count). The maximum Gasteiger partial charge on any atom is 0.297 e. The minimum Gasteiger partial charge on any atom is -0.346 e. The lowest BCUT2D eigenvalue weighted by Gasteiger charge is -2.07. The van der Waals surface area contributed by atoms with Crippen LogP contribution >= 0.6 is 0 Å². The van der Waals surface area contributed by atoms with Crippen LogP contribution in [0.25, 0.3) is 0 Å². The van der Waals surface area contributed by atoms with Gasteiger partial charge in [-0.25, -0.2) is 4.39 Å². The maximum atomic E-state index is 12.3. The van der Waals surface area contributed by atoms with Crippen molar-refractivity contribution < 1.29 is 21.7 Å². The van der Waals surface area contributed by atoms with E-state index in [4.69, 9.17) is 0 Å². The molecule has 0 fully saturated rings. The Kier molecular flexibility index (Phi) is 5.04. The molecule has 0 bridgehead atoms. The number of aryl methyl sites for hydroxylation is 1. The standard InChI is InChI=1S/C11H15FO4S/c1-9-3-5-11(6-4-9)17(13,14)16-8-7-15-10(2)12/h3-6,10H,7-8H2,1-2H3. The average Bonchev–Trinajstić information content (AvgIpc) is 2.25. The van der Waals surface area contributed by atoms with Gasteiger partial charge in [-0.2, -0.15) is 8.42 Å². The molecule has 0 amide bonds. The van der Waals surface area contributed by atoms with Crippen LogP contribution in [0.3, 0.4) is 0 Å². The van der Waals surface area contributed by atoms with Crippen molar-refractivity contribution in [3.05, 3.63) is 29.8 Å². The van der Waals surface area contributed by atoms with Crippen molar-refractivity contribution in [1.29, 1.82) is 0 Å². The summed E-state index contributed by atoms with van der Waals surface area (Å²) in [5.41, 5.74) is 0.957. The number of benzene rings is 1. The van der Waals surface area contributed by atoms with Crippen molar-refractivity contribution in [1.82, 2.24) is 0 Å². The van der Waals surface area contributed by atoms with E-state index in [9.17, 15) is 12.8 Å². The molecule has 0 radical (unpaired) electrons. The molecule has 0 saturated carbocycles. The van der Waals surface area contributed by atoms with Gasteiger partial charge in [0.2, 0.25) is 0 Å². The topological polar surface area (TPSA) is 52.6 Å². The maximum absolute atomic E-state index is 12.3. The van der Waals surface area contributed by atoms with Crippen LogP contribution in [0, 0.1) is 6.92 Å². The van der Waals surface area contributed by atoms with Crippen LogP contribution in [0.5, 0.6) is 0 Å². The smallest absolute Gasteiger partial charge is 0.297 e. The minimum atomic E-state index is -3.78. The molecule has 1 atom stereocenters. The Morgan fingerprint density at radius 1 is 1.24 bits per heavy atom. The van der Waals surface area contributed by atoms with Gasteiger partial charge in [0.1, 0.15) is 0 Å². The predicted molar refractivity (Wildman–Crippen MR) is 60.8 cm³/mol. The highest BCUT2D eigenvalue weighted by Crippen LogP contribution is 2.12. The highest BCUT2D eigenvalue weighted by Gasteiger charge is 2.14. The Labute approximate surface area is 100 Å². The van der Waals surface area contributed by atoms with Crippen molar-refractivity contribution in [2.24, 2.45) is 0 Å². The molecule has 0 heterocycles. The summed E-state index contributed by atoms with van der Waals surface area (Å²) in [6, 6.07) is 6.28. The molecular formula is C11H15FO4S. The van der Waals surface area contributed by atoms with Crippen molar-refractivity contribution in [3.8, 4) is 0 Å². The molecule has 17 heavy (non-hydrogen) atoms. The second-order valence-corrected chi connectivity index (χ2v) is 5.12. The molecule has 0 saturated heterocycles. The van der Waals surface area contributed by atoms with E-state index in [1.54, 1.807) is 12.1 Å². The van der Waals surface area contributed by atoms with Crippen LogP contribution < -0.4 is 0 Å². The van der Waals surface area contributed by atoms with Crippen LogP contribution in [0.15, 0.2) is 29.2 Å². The zero-order chi connectivity index (χ0) is 12.9. The summed E-state index contributed by atoms with van der Waals surface area (Å²) in [4.78, 5) is 0.0800. The van der Waals surface area contributed by atoms with Gasteiger partial charge in [0, 0.05) is 0 Å². The van der Waals surface area contributed by atoms with E-state index in [1.165, 1.54) is 19.1 Å². The Balaban J connectivity index is 2.54. The summed E-state index contributed by atoms with van der Waals surface area (Å²) in [6.07, 6.45) is -1.43. The minimum absolute atomic E-state index is 0.0800. The number of halogens is 1. The lowest BCUT2D eigenvalue weighted by atomic mass is 10.2. The Morgan fingerprint density at radius 2 is 1.82 bits per heavy atom. The first-order valence-electron chi connectivity index (χ1n) is 5.13. The highest BCUT2D eigenvalue weighted by molar-refractivity contribution is 7.86. The van der Waals surface area contributed by atoms with Gasteiger partial charge in [0.15, 0.2) is 6.36 Å². The molecule has 1 unspecified atom stereocenters. The Morgan fingerprint density at radius 3 is 2.35 bits per heavy atom. The summed E-state index contributed by atoms with van der Waals surface area (Å²) >= 11 is 0. The number of alkyl halides is 1. The quantitative estimate of drug-likeness (QED) is 0.581. The summed E-state index contributed by atoms with van der Waals surface area (Å²) in [5.74, 6) is 0. The number of hydrogen-bond donors (Lipinski definition) is 0. The second kappa shape index (κ2) is 6.09. The van der Waals surface area contributed by atoms with Crippen LogP contribution in [-0.2, 0) is 19.0 Å². The number of rotatable bonds is 6. The largest absolute Gasteiger partial charge is 0.346 e. The van der Waals surface area contributed by atoms with Crippen molar-refractivity contribution >= 4 is 10.1 Å². The molecule has 0 aliphatic heterocycles. The van der Waals surface area contributed by atoms with E-state index in [0.717, 1.165) is 5.56 Å². The third-order valence-corrected chi connectivity index (χ3v) is 3.31. The molecule has 4 nitrogen and oxygen atoms in total. The van der Waals surface area contributed by atoms with E-state index in [2.05, 4.69) is 8.92 Å². The van der Waals surface area contributed by atoms with Gasteiger partial charge < -0.3 is 4.74 Å². The first-order chi connectivity index (χ1) is 7.92. The molecule has 0 aliphatic rings. The Bertz CT molecular complexity index is 439. The molecule has 96 valence electrons. The lowest BCUT2D eigenvalue weighted by Crippen LogP contribution is -2.13. The summed E-state index contributed by atoms with van der Waals surface area (Å²) < 4.78 is 44.7. The third-order valence-electron chi connectivity index (χ3n) is 1.98. The van der Waals surface area contributed by atoms with Crippen LogP contribution in [0.2, 0.25) is 0 Å². The van der Waals surface area contributed by atoms with E-state index in [-0.39, 0.29) is 18.1 Å². The molecule has 0 spiro atoms. The normalized spacial score (nSPS) is 13.6. The second-order valence-electron chi connectivity index (χ2n) is 3.50. The first kappa shape index (κ1) is 14.1. The third kappa shape index (κ3) is 4.80. The van der Waals surface area contributed by atoms with Crippen LogP contribution in [-0.4, -0.2) is 28.0 Å². The van der Waals surface area contributed by atoms with Gasteiger partial charge in [-0.1, -0.05) is 17.7 Å². The number of ether oxygens (including phenoxy) is 1. The van der Waals surface area contributed by atoms with Gasteiger partial charge in [-0.3, -0.25) is 4.18 Å². The van der Waals surface area contributed by atoms with Gasteiger partial charge in [0.05, 0.1) is 18.1 Å². The molecule has 1 aromatic rings. The van der Waals surface area contributed by atoms with Crippen LogP contribution in [0.1, 0.15) is 12.5 Å². The van der Waals surface area contributed by atoms with Gasteiger partial charge in [-0.15, -0.1) is 0 Å². The predicted octanol–water partition coefficient (Wildman–Crippen LogP) is 2.03. The molecule has 6 heteroatoms. The molecule has 0 aromatic heterocycles. The molecule has 0 aliphatic carbocycles. The fourth-order valence-corrected chi connectivity index (χ4v) is 2.02. The van der Waals surface area contributed by atoms with E-state index >= 15 is 0 Å². The zero-order valence-corrected chi connectivity index (χ0v) is 10.5. The van der Waals surface area contributed by atoms with E-state index < -0.39 is 16.5 Å². The summed E-state index contributed by atoms with van der Waals surface area (Å²) in [6.45, 7) is 2.76. The Hall–Kier alpha value is -0.980. The van der Waals surface area contributed by atoms with Crippen molar-refractivity contribution in [3.63, 3.8) is 0 Å². The van der Waals surface area contributed by atoms with Crippen molar-refractivity contribution in [2.45, 2.75) is 25.1 Å². The van der Waals surface area contributed by atoms with Gasteiger partial charge in [-0.05, 0) is 26.0 Å². The van der Waals surface area contributed by atoms with Crippen molar-refractivity contribution in [2.75, 3.05) is 13.2 Å². The average molecular weight is 262 g/mol. The SMILES string of the molecule is Cc1ccc(S(=O)(=O)OCCOC(C)F)cc1.